The lowest BCUT2D eigenvalue weighted by molar-refractivity contribution is 0.530. The fourth-order valence-corrected chi connectivity index (χ4v) is 3.20. The Balaban J connectivity index is 1.61. The van der Waals surface area contributed by atoms with Gasteiger partial charge in [0.05, 0.1) is 12.0 Å². The number of hydrogen-bond acceptors (Lipinski definition) is 3. The summed E-state index contributed by atoms with van der Waals surface area (Å²) in [5, 5.41) is 0. The first-order chi connectivity index (χ1) is 8.34. The van der Waals surface area contributed by atoms with E-state index in [2.05, 4.69) is 0 Å². The van der Waals surface area contributed by atoms with Crippen LogP contribution in [0.5, 0.6) is 0 Å². The third-order valence-corrected chi connectivity index (χ3v) is 4.39. The summed E-state index contributed by atoms with van der Waals surface area (Å²) in [6.45, 7) is 0. The van der Waals surface area contributed by atoms with E-state index in [0.717, 1.165) is 27.9 Å². The summed E-state index contributed by atoms with van der Waals surface area (Å²) in [6, 6.07) is 10.5. The van der Waals surface area contributed by atoms with Gasteiger partial charge in [-0.2, -0.15) is 11.8 Å². The molecule has 0 N–H and O–H groups in total. The van der Waals surface area contributed by atoms with Crippen LogP contribution in [-0.4, -0.2) is 11.5 Å². The zero-order valence-corrected chi connectivity index (χ0v) is 10.9. The van der Waals surface area contributed by atoms with Crippen LogP contribution in [0.25, 0.3) is 0 Å². The molecule has 0 radical (unpaired) electrons. The van der Waals surface area contributed by atoms with Crippen LogP contribution in [-0.2, 0) is 5.75 Å². The molecule has 1 heterocycles. The molecule has 1 aromatic heterocycles. The molecule has 1 nitrogen and oxygen atoms in total. The second-order valence-electron chi connectivity index (χ2n) is 3.43. The Bertz CT molecular complexity index is 425. The van der Waals surface area contributed by atoms with Gasteiger partial charge in [0.2, 0.25) is 0 Å². The average Bonchev–Trinajstić information content (AvgIpc) is 2.84. The van der Waals surface area contributed by atoms with E-state index in [0.29, 0.717) is 0 Å². The number of halogens is 1. The molecule has 0 aliphatic heterocycles. The minimum absolute atomic E-state index is 0.179. The van der Waals surface area contributed by atoms with Crippen molar-refractivity contribution < 1.29 is 8.81 Å². The Hall–Kier alpha value is -0.870. The molecular formula is C13H13FOS2. The van der Waals surface area contributed by atoms with Gasteiger partial charge in [-0.1, -0.05) is 0 Å². The van der Waals surface area contributed by atoms with Crippen LogP contribution in [0.2, 0.25) is 0 Å². The highest BCUT2D eigenvalue weighted by Crippen LogP contribution is 2.20. The zero-order valence-electron chi connectivity index (χ0n) is 9.27. The van der Waals surface area contributed by atoms with E-state index in [1.807, 2.05) is 36.0 Å². The van der Waals surface area contributed by atoms with Gasteiger partial charge in [-0.3, -0.25) is 0 Å². The fraction of sp³-hybridized carbons (Fsp3) is 0.231. The molecule has 4 heteroatoms. The Morgan fingerprint density at radius 1 is 1.06 bits per heavy atom. The van der Waals surface area contributed by atoms with Crippen molar-refractivity contribution in [1.82, 2.24) is 0 Å². The van der Waals surface area contributed by atoms with Crippen molar-refractivity contribution in [3.63, 3.8) is 0 Å². The summed E-state index contributed by atoms with van der Waals surface area (Å²) in [5.41, 5.74) is 0. The molecule has 17 heavy (non-hydrogen) atoms. The van der Waals surface area contributed by atoms with Crippen molar-refractivity contribution in [2.75, 3.05) is 11.5 Å². The van der Waals surface area contributed by atoms with Crippen LogP contribution >= 0.6 is 23.5 Å². The molecule has 0 unspecified atom stereocenters. The quantitative estimate of drug-likeness (QED) is 0.568. The molecule has 0 saturated carbocycles. The molecule has 0 atom stereocenters. The van der Waals surface area contributed by atoms with Crippen LogP contribution in [0, 0.1) is 5.82 Å². The Kier molecular flexibility index (Phi) is 5.01. The van der Waals surface area contributed by atoms with E-state index >= 15 is 0 Å². The van der Waals surface area contributed by atoms with Gasteiger partial charge in [0, 0.05) is 16.4 Å². The van der Waals surface area contributed by atoms with Crippen molar-refractivity contribution in [2.24, 2.45) is 0 Å². The van der Waals surface area contributed by atoms with Crippen LogP contribution in [0.3, 0.4) is 0 Å². The predicted molar refractivity (Wildman–Crippen MR) is 72.0 cm³/mol. The van der Waals surface area contributed by atoms with Gasteiger partial charge in [0.1, 0.15) is 11.6 Å². The smallest absolute Gasteiger partial charge is 0.123 e. The van der Waals surface area contributed by atoms with Crippen molar-refractivity contribution in [3.05, 3.63) is 54.2 Å². The monoisotopic (exact) mass is 268 g/mol. The summed E-state index contributed by atoms with van der Waals surface area (Å²) in [5.74, 6) is 3.83. The van der Waals surface area contributed by atoms with E-state index in [4.69, 9.17) is 4.42 Å². The molecule has 0 fully saturated rings. The number of furan rings is 1. The molecule has 2 rings (SSSR count). The fourth-order valence-electron chi connectivity index (χ4n) is 1.32. The lowest BCUT2D eigenvalue weighted by Crippen LogP contribution is -1.85. The molecule has 0 spiro atoms. The van der Waals surface area contributed by atoms with Crippen LogP contribution < -0.4 is 0 Å². The first-order valence-corrected chi connectivity index (χ1v) is 7.47. The van der Waals surface area contributed by atoms with Gasteiger partial charge in [0.25, 0.3) is 0 Å². The predicted octanol–water partition coefficient (Wildman–Crippen LogP) is 4.44. The van der Waals surface area contributed by atoms with Crippen LogP contribution in [0.4, 0.5) is 4.39 Å². The van der Waals surface area contributed by atoms with Crippen LogP contribution in [0.1, 0.15) is 5.76 Å². The summed E-state index contributed by atoms with van der Waals surface area (Å²) >= 11 is 3.59. The minimum Gasteiger partial charge on any atom is -0.468 e. The van der Waals surface area contributed by atoms with E-state index < -0.39 is 0 Å². The first kappa shape index (κ1) is 12.6. The normalized spacial score (nSPS) is 10.6. The molecule has 2 aromatic rings. The molecule has 1 aromatic carbocycles. The summed E-state index contributed by atoms with van der Waals surface area (Å²) < 4.78 is 17.9. The highest BCUT2D eigenvalue weighted by molar-refractivity contribution is 8.02. The van der Waals surface area contributed by atoms with E-state index in [1.54, 1.807) is 18.0 Å². The van der Waals surface area contributed by atoms with Gasteiger partial charge >= 0.3 is 0 Å². The van der Waals surface area contributed by atoms with Gasteiger partial charge in [0.15, 0.2) is 0 Å². The number of thioether (sulfide) groups is 2. The minimum atomic E-state index is -0.179. The van der Waals surface area contributed by atoms with Crippen molar-refractivity contribution in [3.8, 4) is 0 Å². The standard InChI is InChI=1S/C13H13FOS2/c14-11-3-5-13(6-4-11)17-9-8-16-10-12-2-1-7-15-12/h1-7H,8-10H2. The maximum absolute atomic E-state index is 12.7. The number of benzene rings is 1. The third-order valence-electron chi connectivity index (χ3n) is 2.13. The summed E-state index contributed by atoms with van der Waals surface area (Å²) in [6.07, 6.45) is 1.70. The van der Waals surface area contributed by atoms with Gasteiger partial charge < -0.3 is 4.42 Å². The lowest BCUT2D eigenvalue weighted by atomic mass is 10.4. The molecule has 0 saturated heterocycles. The van der Waals surface area contributed by atoms with E-state index in [9.17, 15) is 4.39 Å². The average molecular weight is 268 g/mol. The zero-order chi connectivity index (χ0) is 11.9. The number of hydrogen-bond donors (Lipinski definition) is 0. The molecule has 0 bridgehead atoms. The topological polar surface area (TPSA) is 13.1 Å². The van der Waals surface area contributed by atoms with Crippen molar-refractivity contribution >= 4 is 23.5 Å². The van der Waals surface area contributed by atoms with Crippen molar-refractivity contribution in [2.45, 2.75) is 10.6 Å². The summed E-state index contributed by atoms with van der Waals surface area (Å²) in [7, 11) is 0. The first-order valence-electron chi connectivity index (χ1n) is 5.33. The van der Waals surface area contributed by atoms with E-state index in [-0.39, 0.29) is 5.82 Å². The molecule has 0 aliphatic rings. The Morgan fingerprint density at radius 2 is 1.88 bits per heavy atom. The molecule has 0 aliphatic carbocycles. The number of rotatable bonds is 6. The maximum Gasteiger partial charge on any atom is 0.123 e. The van der Waals surface area contributed by atoms with E-state index in [1.165, 1.54) is 12.1 Å². The Labute approximate surface area is 109 Å². The van der Waals surface area contributed by atoms with Gasteiger partial charge in [-0.25, -0.2) is 4.39 Å². The second kappa shape index (κ2) is 6.77. The maximum atomic E-state index is 12.7. The molecule has 90 valence electrons. The second-order valence-corrected chi connectivity index (χ2v) is 5.71. The largest absolute Gasteiger partial charge is 0.468 e. The lowest BCUT2D eigenvalue weighted by Gasteiger charge is -2.01. The van der Waals surface area contributed by atoms with Gasteiger partial charge in [-0.15, -0.1) is 11.8 Å². The van der Waals surface area contributed by atoms with Crippen molar-refractivity contribution in [1.29, 1.82) is 0 Å². The molecular weight excluding hydrogens is 255 g/mol. The molecule has 0 amide bonds. The highest BCUT2D eigenvalue weighted by Gasteiger charge is 1.97. The Morgan fingerprint density at radius 3 is 2.59 bits per heavy atom. The van der Waals surface area contributed by atoms with Gasteiger partial charge in [-0.05, 0) is 36.4 Å². The SMILES string of the molecule is Fc1ccc(SCCSCc2ccco2)cc1. The summed E-state index contributed by atoms with van der Waals surface area (Å²) in [4.78, 5) is 1.12. The highest BCUT2D eigenvalue weighted by atomic mass is 32.2. The van der Waals surface area contributed by atoms with Crippen LogP contribution in [0.15, 0.2) is 52.0 Å². The third kappa shape index (κ3) is 4.48.